The van der Waals surface area contributed by atoms with Crippen LogP contribution in [0.15, 0.2) is 36.7 Å². The minimum Gasteiger partial charge on any atom is -0.488 e. The zero-order valence-electron chi connectivity index (χ0n) is 19.2. The number of benzene rings is 2. The fourth-order valence-electron chi connectivity index (χ4n) is 3.59. The van der Waals surface area contributed by atoms with Gasteiger partial charge in [0.1, 0.15) is 29.6 Å². The number of carbonyl (C=O) groups excluding carboxylic acids is 1. The number of carbonyl (C=O) groups is 1. The molecule has 34 heavy (non-hydrogen) atoms. The zero-order chi connectivity index (χ0) is 24.5. The van der Waals surface area contributed by atoms with Gasteiger partial charge >= 0.3 is 6.09 Å². The van der Waals surface area contributed by atoms with Crippen molar-refractivity contribution < 1.29 is 23.4 Å². The first kappa shape index (κ1) is 24.0. The molecule has 0 unspecified atom stereocenters. The van der Waals surface area contributed by atoms with Gasteiger partial charge in [0.05, 0.1) is 35.1 Å². The minimum atomic E-state index is -0.786. The Hall–Kier alpha value is -3.17. The Morgan fingerprint density at radius 3 is 2.62 bits per heavy atom. The molecule has 1 fully saturated rings. The van der Waals surface area contributed by atoms with Crippen LogP contribution in [0.5, 0.6) is 5.75 Å². The first-order valence-corrected chi connectivity index (χ1v) is 11.3. The second kappa shape index (κ2) is 9.60. The normalized spacial score (nSPS) is 14.7. The number of rotatable bonds is 4. The highest BCUT2D eigenvalue weighted by atomic mass is 35.5. The molecule has 1 amide bonds. The van der Waals surface area contributed by atoms with Crippen molar-refractivity contribution in [3.8, 4) is 5.75 Å². The van der Waals surface area contributed by atoms with Crippen LogP contribution in [-0.2, 0) is 9.47 Å². The summed E-state index contributed by atoms with van der Waals surface area (Å²) in [7, 11) is 0. The third-order valence-corrected chi connectivity index (χ3v) is 5.45. The topological polar surface area (TPSA) is 99.8 Å². The highest BCUT2D eigenvalue weighted by Crippen LogP contribution is 2.37. The fourth-order valence-corrected chi connectivity index (χ4v) is 3.76. The highest BCUT2D eigenvalue weighted by Gasteiger charge is 2.28. The molecule has 1 aliphatic rings. The summed E-state index contributed by atoms with van der Waals surface area (Å²) in [5, 5.41) is 0.349. The van der Waals surface area contributed by atoms with Crippen LogP contribution >= 0.6 is 11.6 Å². The summed E-state index contributed by atoms with van der Waals surface area (Å²) in [5.41, 5.74) is 6.70. The summed E-state index contributed by atoms with van der Waals surface area (Å²) >= 11 is 6.01. The van der Waals surface area contributed by atoms with Crippen molar-refractivity contribution in [2.75, 3.05) is 23.8 Å². The van der Waals surface area contributed by atoms with Crippen LogP contribution in [0.1, 0.15) is 33.6 Å². The lowest BCUT2D eigenvalue weighted by Gasteiger charge is -2.28. The Morgan fingerprint density at radius 2 is 1.94 bits per heavy atom. The third kappa shape index (κ3) is 5.31. The lowest BCUT2D eigenvalue weighted by Crippen LogP contribution is -2.34. The molecule has 180 valence electrons. The monoisotopic (exact) mass is 488 g/mol. The van der Waals surface area contributed by atoms with Crippen LogP contribution in [0.4, 0.5) is 26.4 Å². The van der Waals surface area contributed by atoms with E-state index in [1.54, 1.807) is 32.9 Å². The molecule has 1 aliphatic heterocycles. The van der Waals surface area contributed by atoms with Crippen LogP contribution in [0.2, 0.25) is 5.02 Å². The summed E-state index contributed by atoms with van der Waals surface area (Å²) in [4.78, 5) is 23.2. The van der Waals surface area contributed by atoms with Gasteiger partial charge < -0.3 is 19.9 Å². The van der Waals surface area contributed by atoms with E-state index >= 15 is 0 Å². The van der Waals surface area contributed by atoms with E-state index in [1.165, 1.54) is 29.4 Å². The summed E-state index contributed by atoms with van der Waals surface area (Å²) in [6.45, 7) is 6.51. The number of amides is 1. The number of ether oxygens (including phenoxy) is 3. The summed E-state index contributed by atoms with van der Waals surface area (Å²) < 4.78 is 30.9. The van der Waals surface area contributed by atoms with E-state index in [1.807, 2.05) is 0 Å². The molecule has 0 spiro atoms. The van der Waals surface area contributed by atoms with Gasteiger partial charge in [0.25, 0.3) is 0 Å². The SMILES string of the molecule is CC(C)(C)OC(=O)N(c1ccc(F)c(Cl)c1)c1ncnc2cc(OC3CCOCC3)c(N)cc12. The maximum atomic E-state index is 13.8. The fraction of sp³-hybridized carbons (Fsp3) is 0.375. The standard InChI is InChI=1S/C24H26ClFN4O4/c1-24(2,3)34-23(31)30(14-4-5-18(26)17(25)10-14)22-16-11-19(27)21(12-20(16)28-13-29-22)33-15-6-8-32-9-7-15/h4-5,10-13,15H,6-9,27H2,1-3H3. The van der Waals surface area contributed by atoms with E-state index in [-0.39, 0.29) is 22.6 Å². The largest absolute Gasteiger partial charge is 0.488 e. The van der Waals surface area contributed by atoms with Crippen molar-refractivity contribution in [1.82, 2.24) is 9.97 Å². The average Bonchev–Trinajstić information content (AvgIpc) is 2.77. The number of nitrogen functional groups attached to an aromatic ring is 1. The van der Waals surface area contributed by atoms with Gasteiger partial charge in [-0.1, -0.05) is 11.6 Å². The van der Waals surface area contributed by atoms with Gasteiger partial charge in [-0.05, 0) is 45.0 Å². The molecule has 3 aromatic rings. The van der Waals surface area contributed by atoms with Gasteiger partial charge in [0.2, 0.25) is 0 Å². The van der Waals surface area contributed by atoms with Crippen molar-refractivity contribution in [2.45, 2.75) is 45.3 Å². The van der Waals surface area contributed by atoms with E-state index in [0.717, 1.165) is 12.8 Å². The lowest BCUT2D eigenvalue weighted by atomic mass is 10.1. The predicted octanol–water partition coefficient (Wildman–Crippen LogP) is 5.64. The number of anilines is 3. The van der Waals surface area contributed by atoms with E-state index in [9.17, 15) is 9.18 Å². The lowest BCUT2D eigenvalue weighted by molar-refractivity contribution is 0.0259. The van der Waals surface area contributed by atoms with Crippen molar-refractivity contribution in [3.63, 3.8) is 0 Å². The first-order chi connectivity index (χ1) is 16.1. The molecule has 0 aliphatic carbocycles. The van der Waals surface area contributed by atoms with Crippen molar-refractivity contribution in [1.29, 1.82) is 0 Å². The molecule has 0 bridgehead atoms. The maximum Gasteiger partial charge on any atom is 0.420 e. The summed E-state index contributed by atoms with van der Waals surface area (Å²) in [6, 6.07) is 7.30. The number of aromatic nitrogens is 2. The Balaban J connectivity index is 1.80. The molecule has 10 heteroatoms. The molecule has 1 aromatic heterocycles. The Labute approximate surface area is 201 Å². The number of halogens is 2. The second-order valence-corrected chi connectivity index (χ2v) is 9.36. The van der Waals surface area contributed by atoms with Crippen LogP contribution in [-0.4, -0.2) is 41.0 Å². The minimum absolute atomic E-state index is 0.00516. The molecule has 0 radical (unpaired) electrons. The molecule has 2 aromatic carbocycles. The Morgan fingerprint density at radius 1 is 1.21 bits per heavy atom. The summed E-state index contributed by atoms with van der Waals surface area (Å²) in [5.74, 6) is 0.102. The van der Waals surface area contributed by atoms with Crippen LogP contribution in [0.25, 0.3) is 10.9 Å². The van der Waals surface area contributed by atoms with E-state index in [2.05, 4.69) is 9.97 Å². The predicted molar refractivity (Wildman–Crippen MR) is 128 cm³/mol. The molecule has 2 heterocycles. The summed E-state index contributed by atoms with van der Waals surface area (Å²) in [6.07, 6.45) is 2.15. The van der Waals surface area contributed by atoms with E-state index in [0.29, 0.717) is 35.6 Å². The van der Waals surface area contributed by atoms with Crippen LogP contribution in [0, 0.1) is 5.82 Å². The van der Waals surface area contributed by atoms with Gasteiger partial charge in [-0.2, -0.15) is 0 Å². The quantitative estimate of drug-likeness (QED) is 0.474. The van der Waals surface area contributed by atoms with Crippen molar-refractivity contribution >= 4 is 45.8 Å². The average molecular weight is 489 g/mol. The zero-order valence-corrected chi connectivity index (χ0v) is 19.9. The van der Waals surface area contributed by atoms with Gasteiger partial charge in [0.15, 0.2) is 5.82 Å². The van der Waals surface area contributed by atoms with Gasteiger partial charge in [-0.25, -0.2) is 24.1 Å². The Bertz CT molecular complexity index is 1210. The number of nitrogens with zero attached hydrogens (tertiary/aromatic N) is 3. The van der Waals surface area contributed by atoms with Gasteiger partial charge in [-0.3, -0.25) is 0 Å². The molecule has 0 atom stereocenters. The first-order valence-electron chi connectivity index (χ1n) is 10.9. The second-order valence-electron chi connectivity index (χ2n) is 8.95. The third-order valence-electron chi connectivity index (χ3n) is 5.16. The van der Waals surface area contributed by atoms with E-state index in [4.69, 9.17) is 31.5 Å². The number of fused-ring (bicyclic) bond motifs is 1. The molecule has 8 nitrogen and oxygen atoms in total. The number of hydrogen-bond acceptors (Lipinski definition) is 7. The molecular formula is C24H26ClFN4O4. The molecule has 0 saturated carbocycles. The number of nitrogens with two attached hydrogens (primary N) is 1. The Kier molecular flexibility index (Phi) is 6.77. The molecular weight excluding hydrogens is 463 g/mol. The number of hydrogen-bond donors (Lipinski definition) is 1. The molecule has 2 N–H and O–H groups in total. The van der Waals surface area contributed by atoms with E-state index < -0.39 is 17.5 Å². The maximum absolute atomic E-state index is 13.8. The van der Waals surface area contributed by atoms with Crippen molar-refractivity contribution in [2.24, 2.45) is 0 Å². The smallest absolute Gasteiger partial charge is 0.420 e. The molecule has 1 saturated heterocycles. The van der Waals surface area contributed by atoms with Crippen molar-refractivity contribution in [3.05, 3.63) is 47.5 Å². The van der Waals surface area contributed by atoms with Gasteiger partial charge in [-0.15, -0.1) is 0 Å². The van der Waals surface area contributed by atoms with Crippen LogP contribution in [0.3, 0.4) is 0 Å². The van der Waals surface area contributed by atoms with Gasteiger partial charge in [0, 0.05) is 24.3 Å². The molecule has 4 rings (SSSR count). The van der Waals surface area contributed by atoms with Crippen LogP contribution < -0.4 is 15.4 Å². The highest BCUT2D eigenvalue weighted by molar-refractivity contribution is 6.31.